The molecule has 2 rings (SSSR count). The minimum atomic E-state index is -0.255. The van der Waals surface area contributed by atoms with Gasteiger partial charge in [0.15, 0.2) is 11.0 Å². The van der Waals surface area contributed by atoms with E-state index < -0.39 is 0 Å². The van der Waals surface area contributed by atoms with Gasteiger partial charge >= 0.3 is 0 Å². The fraction of sp³-hybridized carbons (Fsp3) is 0.267. The van der Waals surface area contributed by atoms with Gasteiger partial charge in [-0.25, -0.2) is 0 Å². The Labute approximate surface area is 117 Å². The van der Waals surface area contributed by atoms with Gasteiger partial charge < -0.3 is 9.73 Å². The van der Waals surface area contributed by atoms with Crippen LogP contribution >= 0.6 is 11.6 Å². The minimum Gasteiger partial charge on any atom is -0.440 e. The first kappa shape index (κ1) is 13.7. The van der Waals surface area contributed by atoms with Crippen molar-refractivity contribution in [3.8, 4) is 0 Å². The van der Waals surface area contributed by atoms with Crippen molar-refractivity contribution in [2.75, 3.05) is 0 Å². The third-order valence-corrected chi connectivity index (χ3v) is 3.11. The van der Waals surface area contributed by atoms with E-state index in [2.05, 4.69) is 19.2 Å². The lowest BCUT2D eigenvalue weighted by Gasteiger charge is -2.22. The standard InChI is InChI=1S/C15H16ClNO2/c1-10(2)14(11-6-4-3-5-7-11)17-15(18)12-8-9-13(16)19-12/h3-10,14H,1-2H3,(H,17,18). The molecule has 19 heavy (non-hydrogen) atoms. The highest BCUT2D eigenvalue weighted by Crippen LogP contribution is 2.22. The lowest BCUT2D eigenvalue weighted by molar-refractivity contribution is 0.0897. The molecule has 0 aliphatic rings. The number of amides is 1. The maximum atomic E-state index is 12.1. The minimum absolute atomic E-state index is 0.0578. The Kier molecular flexibility index (Phi) is 4.27. The largest absolute Gasteiger partial charge is 0.440 e. The Morgan fingerprint density at radius 3 is 2.37 bits per heavy atom. The molecule has 100 valence electrons. The van der Waals surface area contributed by atoms with E-state index in [1.54, 1.807) is 12.1 Å². The van der Waals surface area contributed by atoms with E-state index in [0.29, 0.717) is 0 Å². The first-order valence-corrected chi connectivity index (χ1v) is 6.57. The predicted octanol–water partition coefficient (Wildman–Crippen LogP) is 4.06. The van der Waals surface area contributed by atoms with Crippen LogP contribution in [-0.2, 0) is 0 Å². The van der Waals surface area contributed by atoms with Gasteiger partial charge in [0.25, 0.3) is 5.91 Å². The van der Waals surface area contributed by atoms with Gasteiger partial charge in [-0.05, 0) is 35.2 Å². The average Bonchev–Trinajstić information content (AvgIpc) is 2.83. The summed E-state index contributed by atoms with van der Waals surface area (Å²) >= 11 is 5.67. The van der Waals surface area contributed by atoms with Crippen LogP contribution in [0.25, 0.3) is 0 Å². The van der Waals surface area contributed by atoms with Crippen LogP contribution in [0.2, 0.25) is 5.22 Å². The summed E-state index contributed by atoms with van der Waals surface area (Å²) in [5, 5.41) is 3.18. The van der Waals surface area contributed by atoms with Crippen LogP contribution in [0.4, 0.5) is 0 Å². The van der Waals surface area contributed by atoms with Crippen molar-refractivity contribution < 1.29 is 9.21 Å². The Morgan fingerprint density at radius 2 is 1.84 bits per heavy atom. The predicted molar refractivity (Wildman–Crippen MR) is 75.2 cm³/mol. The zero-order valence-corrected chi connectivity index (χ0v) is 11.6. The molecular weight excluding hydrogens is 262 g/mol. The van der Waals surface area contributed by atoms with Gasteiger partial charge in [-0.15, -0.1) is 0 Å². The van der Waals surface area contributed by atoms with E-state index in [0.717, 1.165) is 5.56 Å². The van der Waals surface area contributed by atoms with Crippen LogP contribution in [-0.4, -0.2) is 5.91 Å². The Balaban J connectivity index is 2.16. The Hall–Kier alpha value is -1.74. The summed E-state index contributed by atoms with van der Waals surface area (Å²) in [7, 11) is 0. The lowest BCUT2D eigenvalue weighted by atomic mass is 9.96. The molecule has 2 aromatic rings. The average molecular weight is 278 g/mol. The first-order chi connectivity index (χ1) is 9.08. The van der Waals surface area contributed by atoms with Crippen molar-refractivity contribution in [2.45, 2.75) is 19.9 Å². The van der Waals surface area contributed by atoms with Gasteiger partial charge in [0, 0.05) is 0 Å². The quantitative estimate of drug-likeness (QED) is 0.916. The van der Waals surface area contributed by atoms with E-state index in [1.807, 2.05) is 30.3 Å². The molecule has 0 bridgehead atoms. The number of carbonyl (C=O) groups excluding carboxylic acids is 1. The molecule has 1 heterocycles. The second kappa shape index (κ2) is 5.93. The van der Waals surface area contributed by atoms with Gasteiger partial charge in [0.1, 0.15) is 0 Å². The van der Waals surface area contributed by atoms with E-state index in [4.69, 9.17) is 16.0 Å². The van der Waals surface area contributed by atoms with Crippen molar-refractivity contribution >= 4 is 17.5 Å². The molecule has 0 fully saturated rings. The maximum Gasteiger partial charge on any atom is 0.287 e. The van der Waals surface area contributed by atoms with Crippen molar-refractivity contribution in [1.82, 2.24) is 5.32 Å². The summed E-state index contributed by atoms with van der Waals surface area (Å²) in [6, 6.07) is 12.9. The van der Waals surface area contributed by atoms with Crippen LogP contribution in [0.5, 0.6) is 0 Å². The topological polar surface area (TPSA) is 42.2 Å². The first-order valence-electron chi connectivity index (χ1n) is 6.19. The van der Waals surface area contributed by atoms with Gasteiger partial charge in [-0.1, -0.05) is 44.2 Å². The third kappa shape index (κ3) is 3.38. The number of carbonyl (C=O) groups is 1. The molecule has 0 spiro atoms. The molecule has 3 nitrogen and oxygen atoms in total. The molecule has 1 atom stereocenters. The molecule has 1 aromatic heterocycles. The zero-order chi connectivity index (χ0) is 13.8. The molecule has 0 radical (unpaired) electrons. The SMILES string of the molecule is CC(C)C(NC(=O)c1ccc(Cl)o1)c1ccccc1. The molecule has 1 aromatic carbocycles. The maximum absolute atomic E-state index is 12.1. The van der Waals surface area contributed by atoms with Crippen LogP contribution in [0, 0.1) is 5.92 Å². The highest BCUT2D eigenvalue weighted by molar-refractivity contribution is 6.29. The summed E-state index contributed by atoms with van der Waals surface area (Å²) in [4.78, 5) is 12.1. The van der Waals surface area contributed by atoms with Crippen LogP contribution in [0.3, 0.4) is 0 Å². The second-order valence-electron chi connectivity index (χ2n) is 4.71. The normalized spacial score (nSPS) is 12.4. The summed E-state index contributed by atoms with van der Waals surface area (Å²) in [5.74, 6) is 0.248. The summed E-state index contributed by atoms with van der Waals surface area (Å²) in [5.41, 5.74) is 1.07. The molecule has 4 heteroatoms. The zero-order valence-electron chi connectivity index (χ0n) is 10.9. The van der Waals surface area contributed by atoms with E-state index in [-0.39, 0.29) is 28.8 Å². The second-order valence-corrected chi connectivity index (χ2v) is 5.08. The van der Waals surface area contributed by atoms with Crippen molar-refractivity contribution in [3.63, 3.8) is 0 Å². The van der Waals surface area contributed by atoms with E-state index in [9.17, 15) is 4.79 Å². The third-order valence-electron chi connectivity index (χ3n) is 2.91. The molecule has 0 saturated carbocycles. The highest BCUT2D eigenvalue weighted by Gasteiger charge is 2.20. The van der Waals surface area contributed by atoms with Crippen molar-refractivity contribution in [2.24, 2.45) is 5.92 Å². The van der Waals surface area contributed by atoms with Crippen molar-refractivity contribution in [3.05, 3.63) is 59.0 Å². The number of halogens is 1. The number of hydrogen-bond donors (Lipinski definition) is 1. The number of rotatable bonds is 4. The number of benzene rings is 1. The van der Waals surface area contributed by atoms with Gasteiger partial charge in [-0.3, -0.25) is 4.79 Å². The van der Waals surface area contributed by atoms with Gasteiger partial charge in [0.2, 0.25) is 0 Å². The summed E-state index contributed by atoms with van der Waals surface area (Å²) in [6.07, 6.45) is 0. The van der Waals surface area contributed by atoms with Crippen LogP contribution in [0.1, 0.15) is 36.0 Å². The number of hydrogen-bond acceptors (Lipinski definition) is 2. The Bertz CT molecular complexity index is 548. The smallest absolute Gasteiger partial charge is 0.287 e. The molecule has 1 amide bonds. The fourth-order valence-electron chi connectivity index (χ4n) is 1.94. The van der Waals surface area contributed by atoms with Crippen molar-refractivity contribution in [1.29, 1.82) is 0 Å². The van der Waals surface area contributed by atoms with E-state index >= 15 is 0 Å². The van der Waals surface area contributed by atoms with Crippen LogP contribution < -0.4 is 5.32 Å². The van der Waals surface area contributed by atoms with Crippen LogP contribution in [0.15, 0.2) is 46.9 Å². The monoisotopic (exact) mass is 277 g/mol. The Morgan fingerprint density at radius 1 is 1.16 bits per heavy atom. The van der Waals surface area contributed by atoms with E-state index in [1.165, 1.54) is 0 Å². The van der Waals surface area contributed by atoms with Gasteiger partial charge in [0.05, 0.1) is 6.04 Å². The van der Waals surface area contributed by atoms with Gasteiger partial charge in [-0.2, -0.15) is 0 Å². The number of furan rings is 1. The molecule has 1 N–H and O–H groups in total. The molecular formula is C15H16ClNO2. The summed E-state index contributed by atoms with van der Waals surface area (Å²) < 4.78 is 5.12. The lowest BCUT2D eigenvalue weighted by Crippen LogP contribution is -2.31. The highest BCUT2D eigenvalue weighted by atomic mass is 35.5. The molecule has 0 aliphatic carbocycles. The molecule has 1 unspecified atom stereocenters. The summed E-state index contributed by atoms with van der Waals surface area (Å²) in [6.45, 7) is 4.13. The number of nitrogens with one attached hydrogen (secondary N) is 1. The fourth-order valence-corrected chi connectivity index (χ4v) is 2.09. The molecule has 0 aliphatic heterocycles. The molecule has 0 saturated heterocycles.